The number of amidine groups is 1. The number of benzene rings is 1. The first-order valence-corrected chi connectivity index (χ1v) is 14.8. The molecule has 0 bridgehead atoms. The lowest BCUT2D eigenvalue weighted by Gasteiger charge is -2.35. The number of pyridine rings is 2. The number of nitrogens with zero attached hydrogens (tertiary/aromatic N) is 2. The second-order valence-corrected chi connectivity index (χ2v) is 12.5. The Morgan fingerprint density at radius 2 is 1.97 bits per heavy atom. The van der Waals surface area contributed by atoms with E-state index in [1.54, 1.807) is 12.1 Å². The predicted octanol–water partition coefficient (Wildman–Crippen LogP) is 2.02. The minimum Gasteiger partial charge on any atom is -0.388 e. The molecular weight excluding hydrogens is 550 g/mol. The maximum atomic E-state index is 13.2. The fourth-order valence-corrected chi connectivity index (χ4v) is 6.21. The highest BCUT2D eigenvalue weighted by Crippen LogP contribution is 2.56. The summed E-state index contributed by atoms with van der Waals surface area (Å²) >= 11 is 0. The van der Waals surface area contributed by atoms with Crippen LogP contribution in [0.4, 0.5) is 11.4 Å². The van der Waals surface area contributed by atoms with Gasteiger partial charge < -0.3 is 21.1 Å². The number of nitrogens with one attached hydrogen (secondary N) is 4. The number of aromatic nitrogens is 2. The fourth-order valence-electron chi connectivity index (χ4n) is 4.15. The Morgan fingerprint density at radius 1 is 1.23 bits per heavy atom. The number of primary amides is 1. The summed E-state index contributed by atoms with van der Waals surface area (Å²) in [7, 11) is -8.02. The summed E-state index contributed by atoms with van der Waals surface area (Å²) in [6.45, 7) is 3.61. The van der Waals surface area contributed by atoms with E-state index in [2.05, 4.69) is 29.1 Å². The van der Waals surface area contributed by atoms with Gasteiger partial charge in [-0.3, -0.25) is 23.4 Å². The van der Waals surface area contributed by atoms with Crippen LogP contribution in [-0.4, -0.2) is 50.9 Å². The number of aliphatic hydroxyl groups is 1. The van der Waals surface area contributed by atoms with Crippen LogP contribution in [0.2, 0.25) is 0 Å². The molecule has 2 aromatic heterocycles. The number of amides is 1. The van der Waals surface area contributed by atoms with Crippen LogP contribution in [0.25, 0.3) is 11.0 Å². The highest BCUT2D eigenvalue weighted by Gasteiger charge is 2.32. The van der Waals surface area contributed by atoms with Crippen molar-refractivity contribution < 1.29 is 27.4 Å². The number of nitrogens with two attached hydrogens (primary N) is 1. The molecule has 9 N–H and O–H groups in total. The zero-order valence-electron chi connectivity index (χ0n) is 21.0. The van der Waals surface area contributed by atoms with Crippen molar-refractivity contribution in [2.45, 2.75) is 37.7 Å². The first-order chi connectivity index (χ1) is 18.3. The summed E-state index contributed by atoms with van der Waals surface area (Å²) in [6, 6.07) is 7.28. The Balaban J connectivity index is 1.74. The van der Waals surface area contributed by atoms with Crippen LogP contribution in [0, 0.1) is 5.92 Å². The molecule has 1 aliphatic rings. The third kappa shape index (κ3) is 6.38. The average Bonchev–Trinajstić information content (AvgIpc) is 2.82. The largest absolute Gasteiger partial charge is 0.388 e. The topological polar surface area (TPSA) is 232 Å². The minimum absolute atomic E-state index is 0.0107. The van der Waals surface area contributed by atoms with E-state index in [9.17, 15) is 32.2 Å². The number of fused-ring (bicyclic) bond motifs is 2. The van der Waals surface area contributed by atoms with Gasteiger partial charge in [-0.1, -0.05) is 24.6 Å². The van der Waals surface area contributed by atoms with E-state index in [0.29, 0.717) is 11.8 Å². The summed E-state index contributed by atoms with van der Waals surface area (Å²) in [5, 5.41) is 14.5. The van der Waals surface area contributed by atoms with E-state index in [0.717, 1.165) is 0 Å². The fraction of sp³-hybridized carbons (Fsp3) is 0.304. The Kier molecular flexibility index (Phi) is 7.97. The van der Waals surface area contributed by atoms with Crippen molar-refractivity contribution >= 4 is 55.1 Å². The summed E-state index contributed by atoms with van der Waals surface area (Å²) in [5.74, 6) is -0.774. The van der Waals surface area contributed by atoms with Crippen LogP contribution in [0.1, 0.15) is 43.9 Å². The Labute approximate surface area is 225 Å². The molecule has 0 aliphatic carbocycles. The van der Waals surface area contributed by atoms with Gasteiger partial charge in [0.2, 0.25) is 5.91 Å². The van der Waals surface area contributed by atoms with Gasteiger partial charge in [0.1, 0.15) is 10.5 Å². The molecule has 1 aliphatic heterocycles. The smallest absolute Gasteiger partial charge is 0.299 e. The van der Waals surface area contributed by atoms with E-state index < -0.39 is 38.6 Å². The molecule has 39 heavy (non-hydrogen) atoms. The van der Waals surface area contributed by atoms with Crippen molar-refractivity contribution in [3.63, 3.8) is 0 Å². The number of carbonyl (C=O) groups excluding carboxylic acids is 1. The highest BCUT2D eigenvalue weighted by molar-refractivity contribution is 8.23. The maximum Gasteiger partial charge on any atom is 0.299 e. The van der Waals surface area contributed by atoms with Crippen LogP contribution in [0.5, 0.6) is 0 Å². The lowest BCUT2D eigenvalue weighted by atomic mass is 9.93. The highest BCUT2D eigenvalue weighted by atomic mass is 32.3. The maximum absolute atomic E-state index is 13.2. The number of hydrogen-bond donors (Lipinski definition) is 8. The van der Waals surface area contributed by atoms with Gasteiger partial charge in [0.25, 0.3) is 15.8 Å². The van der Waals surface area contributed by atoms with Gasteiger partial charge in [-0.05, 0) is 42.7 Å². The summed E-state index contributed by atoms with van der Waals surface area (Å²) < 4.78 is 54.8. The van der Waals surface area contributed by atoms with Crippen LogP contribution in [-0.2, 0) is 15.0 Å². The Morgan fingerprint density at radius 3 is 2.67 bits per heavy atom. The van der Waals surface area contributed by atoms with Crippen molar-refractivity contribution in [1.29, 1.82) is 0 Å². The average molecular weight is 580 g/mol. The van der Waals surface area contributed by atoms with E-state index in [1.165, 1.54) is 24.4 Å². The van der Waals surface area contributed by atoms with Crippen LogP contribution >= 0.6 is 10.8 Å². The lowest BCUT2D eigenvalue weighted by molar-refractivity contribution is -0.117. The number of rotatable bonds is 10. The standard InChI is InChI=1S/C23H29N7O7S2/c1-12(2)10-16(31)19-14-4-3-8-25-21(14)28-23(33)20(19)22-27-15-6-5-13(11-17(15)38(34,35)30-22)29-39(36,37)26-9-7-18(24)32/h3-6,8,11-12,16,26,29,31,34-35H,7,9-10H2,1-2H3,(H2,24,32)(H,27,30)(H,25,28,33). The minimum atomic E-state index is -4.10. The van der Waals surface area contributed by atoms with Gasteiger partial charge in [0.15, 0.2) is 5.84 Å². The monoisotopic (exact) mass is 579 g/mol. The van der Waals surface area contributed by atoms with Crippen molar-refractivity contribution in [2.75, 3.05) is 16.6 Å². The van der Waals surface area contributed by atoms with Crippen LogP contribution in [0.15, 0.2) is 50.6 Å². The van der Waals surface area contributed by atoms with Gasteiger partial charge in [-0.25, -0.2) is 4.98 Å². The van der Waals surface area contributed by atoms with Gasteiger partial charge in [-0.2, -0.15) is 13.1 Å². The van der Waals surface area contributed by atoms with Crippen molar-refractivity contribution in [2.24, 2.45) is 16.0 Å². The van der Waals surface area contributed by atoms with Crippen LogP contribution < -0.4 is 26.1 Å². The molecule has 0 fully saturated rings. The van der Waals surface area contributed by atoms with Crippen LogP contribution in [0.3, 0.4) is 0 Å². The van der Waals surface area contributed by atoms with Gasteiger partial charge >= 0.3 is 0 Å². The molecule has 14 nitrogen and oxygen atoms in total. The number of aliphatic hydroxyl groups excluding tert-OH is 1. The number of aromatic amines is 1. The molecule has 0 spiro atoms. The van der Waals surface area contributed by atoms with Crippen molar-refractivity contribution in [3.05, 3.63) is 58.0 Å². The molecule has 3 heterocycles. The summed E-state index contributed by atoms with van der Waals surface area (Å²) in [4.78, 5) is 30.8. The first kappa shape index (κ1) is 28.5. The summed E-state index contributed by atoms with van der Waals surface area (Å²) in [5.41, 5.74) is 4.95. The second kappa shape index (κ2) is 10.9. The molecule has 0 saturated carbocycles. The number of H-pyrrole nitrogens is 1. The van der Waals surface area contributed by atoms with Gasteiger partial charge in [0.05, 0.1) is 23.0 Å². The molecular formula is C23H29N7O7S2. The normalized spacial score (nSPS) is 16.2. The van der Waals surface area contributed by atoms with Gasteiger partial charge in [0, 0.05) is 30.1 Å². The molecule has 1 amide bonds. The van der Waals surface area contributed by atoms with Crippen molar-refractivity contribution in [3.8, 4) is 0 Å². The molecule has 0 saturated heterocycles. The molecule has 210 valence electrons. The molecule has 16 heteroatoms. The first-order valence-electron chi connectivity index (χ1n) is 11.8. The third-order valence-electron chi connectivity index (χ3n) is 5.75. The van der Waals surface area contributed by atoms with Gasteiger partial charge in [-0.15, -0.1) is 4.40 Å². The molecule has 3 aromatic rings. The summed E-state index contributed by atoms with van der Waals surface area (Å²) in [6.07, 6.45) is 0.530. The predicted molar refractivity (Wildman–Crippen MR) is 149 cm³/mol. The third-order valence-corrected chi connectivity index (χ3v) is 8.21. The van der Waals surface area contributed by atoms with E-state index in [-0.39, 0.29) is 57.8 Å². The van der Waals surface area contributed by atoms with Crippen molar-refractivity contribution in [1.82, 2.24) is 14.7 Å². The lowest BCUT2D eigenvalue weighted by Crippen LogP contribution is -2.33. The molecule has 1 aromatic carbocycles. The number of hydrogen-bond acceptors (Lipinski definition) is 10. The Bertz CT molecular complexity index is 1620. The molecule has 4 rings (SSSR count). The number of carbonyl (C=O) groups is 1. The molecule has 0 radical (unpaired) electrons. The zero-order valence-corrected chi connectivity index (χ0v) is 22.6. The molecule has 1 unspecified atom stereocenters. The van der Waals surface area contributed by atoms with E-state index >= 15 is 0 Å². The second-order valence-electron chi connectivity index (χ2n) is 9.30. The van der Waals surface area contributed by atoms with E-state index in [4.69, 9.17) is 5.73 Å². The molecule has 1 atom stereocenters. The quantitative estimate of drug-likeness (QED) is 0.175. The Hall–Kier alpha value is -3.54. The number of anilines is 2. The van der Waals surface area contributed by atoms with E-state index in [1.807, 2.05) is 13.8 Å². The zero-order chi connectivity index (χ0) is 28.5. The SMILES string of the molecule is CC(C)CC(O)c1c(C2=NS(O)(O)c3cc(NS(=O)(=O)NCCC(N)=O)ccc3N2)c(=O)[nH]c2ncccc12.